The van der Waals surface area contributed by atoms with E-state index in [4.69, 9.17) is 4.74 Å². The average molecular weight is 245 g/mol. The van der Waals surface area contributed by atoms with Crippen LogP contribution in [0.1, 0.15) is 18.9 Å². The molecule has 96 valence electrons. The van der Waals surface area contributed by atoms with Gasteiger partial charge in [0.1, 0.15) is 0 Å². The van der Waals surface area contributed by atoms with Crippen LogP contribution in [-0.4, -0.2) is 25.7 Å². The maximum atomic E-state index is 11.5. The van der Waals surface area contributed by atoms with E-state index in [-0.39, 0.29) is 5.97 Å². The third-order valence-corrected chi connectivity index (χ3v) is 2.44. The number of esters is 1. The number of carbonyl (C=O) groups is 1. The third kappa shape index (κ3) is 5.03. The van der Waals surface area contributed by atoms with Gasteiger partial charge < -0.3 is 4.74 Å². The predicted octanol–water partition coefficient (Wildman–Crippen LogP) is 1.77. The molecule has 3 nitrogen and oxygen atoms in total. The van der Waals surface area contributed by atoms with Crippen LogP contribution in [0.15, 0.2) is 30.3 Å². The maximum Gasteiger partial charge on any atom is 0.335 e. The first-order chi connectivity index (χ1) is 8.77. The fraction of sp³-hybridized carbons (Fsp3) is 0.400. The molecule has 3 heteroatoms. The first kappa shape index (κ1) is 14.3. The van der Waals surface area contributed by atoms with Gasteiger partial charge in [0.15, 0.2) is 6.04 Å². The van der Waals surface area contributed by atoms with Crippen molar-refractivity contribution in [3.63, 3.8) is 0 Å². The third-order valence-electron chi connectivity index (χ3n) is 2.44. The molecule has 1 aromatic rings. The summed E-state index contributed by atoms with van der Waals surface area (Å²) in [6.45, 7) is 2.16. The molecular weight excluding hydrogens is 226 g/mol. The Morgan fingerprint density at radius 3 is 2.72 bits per heavy atom. The summed E-state index contributed by atoms with van der Waals surface area (Å²) >= 11 is 0. The first-order valence-electron chi connectivity index (χ1n) is 6.14. The Morgan fingerprint density at radius 1 is 1.39 bits per heavy atom. The highest BCUT2D eigenvalue weighted by molar-refractivity contribution is 5.79. The molecule has 0 aliphatic heterocycles. The van der Waals surface area contributed by atoms with E-state index in [2.05, 4.69) is 29.3 Å². The van der Waals surface area contributed by atoms with Gasteiger partial charge in [0.25, 0.3) is 0 Å². The van der Waals surface area contributed by atoms with Gasteiger partial charge in [-0.2, -0.15) is 0 Å². The summed E-state index contributed by atoms with van der Waals surface area (Å²) in [6.07, 6.45) is 1.63. The van der Waals surface area contributed by atoms with Crippen LogP contribution in [0.3, 0.4) is 0 Å². The lowest BCUT2D eigenvalue weighted by molar-refractivity contribution is -0.143. The second-order valence-electron chi connectivity index (χ2n) is 3.78. The number of aryl methyl sites for hydroxylation is 1. The topological polar surface area (TPSA) is 38.3 Å². The van der Waals surface area contributed by atoms with Crippen molar-refractivity contribution in [1.29, 1.82) is 0 Å². The molecule has 1 atom stereocenters. The molecule has 0 fully saturated rings. The summed E-state index contributed by atoms with van der Waals surface area (Å²) in [5.74, 6) is 5.59. The van der Waals surface area contributed by atoms with Crippen molar-refractivity contribution in [1.82, 2.24) is 5.32 Å². The predicted molar refractivity (Wildman–Crippen MR) is 72.0 cm³/mol. The molecule has 0 bridgehead atoms. The molecule has 1 rings (SSSR count). The van der Waals surface area contributed by atoms with Crippen molar-refractivity contribution in [3.05, 3.63) is 35.9 Å². The van der Waals surface area contributed by atoms with Crippen molar-refractivity contribution in [2.75, 3.05) is 13.7 Å². The Morgan fingerprint density at radius 2 is 2.11 bits per heavy atom. The SMILES string of the molecule is CCOC(=O)[C@H](C#CCCc1ccccc1)NC. The zero-order valence-corrected chi connectivity index (χ0v) is 10.9. The van der Waals surface area contributed by atoms with Gasteiger partial charge in [0, 0.05) is 6.42 Å². The minimum atomic E-state index is -0.527. The molecule has 0 unspecified atom stereocenters. The van der Waals surface area contributed by atoms with Gasteiger partial charge in [0.2, 0.25) is 0 Å². The number of benzene rings is 1. The van der Waals surface area contributed by atoms with Crippen LogP contribution in [0.25, 0.3) is 0 Å². The number of rotatable bonds is 5. The Kier molecular flexibility index (Phi) is 6.60. The van der Waals surface area contributed by atoms with E-state index in [9.17, 15) is 4.79 Å². The van der Waals surface area contributed by atoms with Crippen molar-refractivity contribution in [2.24, 2.45) is 0 Å². The lowest BCUT2D eigenvalue weighted by Crippen LogP contribution is -2.34. The van der Waals surface area contributed by atoms with E-state index in [1.807, 2.05) is 18.2 Å². The van der Waals surface area contributed by atoms with Gasteiger partial charge in [-0.3, -0.25) is 5.32 Å². The molecule has 18 heavy (non-hydrogen) atoms. The van der Waals surface area contributed by atoms with Gasteiger partial charge in [-0.15, -0.1) is 5.92 Å². The van der Waals surface area contributed by atoms with E-state index in [0.29, 0.717) is 6.61 Å². The van der Waals surface area contributed by atoms with Crippen LogP contribution < -0.4 is 5.32 Å². The fourth-order valence-corrected chi connectivity index (χ4v) is 1.50. The molecular formula is C15H19NO2. The minimum Gasteiger partial charge on any atom is -0.464 e. The molecule has 1 N–H and O–H groups in total. The second-order valence-corrected chi connectivity index (χ2v) is 3.78. The fourth-order valence-electron chi connectivity index (χ4n) is 1.50. The zero-order chi connectivity index (χ0) is 13.2. The lowest BCUT2D eigenvalue weighted by atomic mass is 10.1. The summed E-state index contributed by atoms with van der Waals surface area (Å²) in [7, 11) is 1.70. The minimum absolute atomic E-state index is 0.313. The number of carbonyl (C=O) groups excluding carboxylic acids is 1. The molecule has 0 aliphatic rings. The molecule has 0 saturated carbocycles. The van der Waals surface area contributed by atoms with E-state index in [1.54, 1.807) is 14.0 Å². The number of likely N-dealkylation sites (N-methyl/N-ethyl adjacent to an activating group) is 1. The van der Waals surface area contributed by atoms with Crippen molar-refractivity contribution < 1.29 is 9.53 Å². The molecule has 0 amide bonds. The summed E-state index contributed by atoms with van der Waals surface area (Å²) in [5, 5.41) is 2.84. The highest BCUT2D eigenvalue weighted by Crippen LogP contribution is 2.01. The number of hydrogen-bond acceptors (Lipinski definition) is 3. The van der Waals surface area contributed by atoms with Crippen LogP contribution in [0, 0.1) is 11.8 Å². The van der Waals surface area contributed by atoms with Crippen LogP contribution in [0.5, 0.6) is 0 Å². The molecule has 0 saturated heterocycles. The molecule has 0 radical (unpaired) electrons. The highest BCUT2D eigenvalue weighted by atomic mass is 16.5. The van der Waals surface area contributed by atoms with E-state index in [1.165, 1.54) is 5.56 Å². The Bertz CT molecular complexity index is 417. The van der Waals surface area contributed by atoms with E-state index in [0.717, 1.165) is 12.8 Å². The standard InChI is InChI=1S/C15H19NO2/c1-3-18-15(17)14(16-2)12-8-7-11-13-9-5-4-6-10-13/h4-6,9-10,14,16H,3,7,11H2,1-2H3/t14-/m0/s1. The number of nitrogens with one attached hydrogen (secondary N) is 1. The zero-order valence-electron chi connectivity index (χ0n) is 10.9. The molecule has 0 aliphatic carbocycles. The maximum absolute atomic E-state index is 11.5. The average Bonchev–Trinajstić information content (AvgIpc) is 2.40. The monoisotopic (exact) mass is 245 g/mol. The highest BCUT2D eigenvalue weighted by Gasteiger charge is 2.13. The smallest absolute Gasteiger partial charge is 0.335 e. The number of hydrogen-bond donors (Lipinski definition) is 1. The number of ether oxygens (including phenoxy) is 1. The van der Waals surface area contributed by atoms with Crippen LogP contribution in [0.4, 0.5) is 0 Å². The Balaban J connectivity index is 2.42. The summed E-state index contributed by atoms with van der Waals surface area (Å²) in [5.41, 5.74) is 1.25. The molecule has 1 aromatic carbocycles. The van der Waals surface area contributed by atoms with E-state index < -0.39 is 6.04 Å². The van der Waals surface area contributed by atoms with Gasteiger partial charge in [0.05, 0.1) is 6.61 Å². The van der Waals surface area contributed by atoms with Crippen molar-refractivity contribution in [2.45, 2.75) is 25.8 Å². The van der Waals surface area contributed by atoms with Crippen molar-refractivity contribution in [3.8, 4) is 11.8 Å². The Hall–Kier alpha value is -1.79. The van der Waals surface area contributed by atoms with E-state index >= 15 is 0 Å². The lowest BCUT2D eigenvalue weighted by Gasteiger charge is -2.07. The van der Waals surface area contributed by atoms with Crippen LogP contribution in [0.2, 0.25) is 0 Å². The van der Waals surface area contributed by atoms with Gasteiger partial charge in [-0.1, -0.05) is 36.3 Å². The molecule has 0 spiro atoms. The largest absolute Gasteiger partial charge is 0.464 e. The molecule has 0 aromatic heterocycles. The normalized spacial score (nSPS) is 11.2. The first-order valence-corrected chi connectivity index (χ1v) is 6.14. The molecule has 0 heterocycles. The van der Waals surface area contributed by atoms with Crippen LogP contribution >= 0.6 is 0 Å². The summed E-state index contributed by atoms with van der Waals surface area (Å²) in [4.78, 5) is 11.5. The van der Waals surface area contributed by atoms with Gasteiger partial charge in [-0.25, -0.2) is 4.79 Å². The quantitative estimate of drug-likeness (QED) is 0.634. The second kappa shape index (κ2) is 8.32. The summed E-state index contributed by atoms with van der Waals surface area (Å²) in [6, 6.07) is 9.63. The Labute approximate surface area is 109 Å². The van der Waals surface area contributed by atoms with Crippen LogP contribution in [-0.2, 0) is 16.0 Å². The van der Waals surface area contributed by atoms with Crippen molar-refractivity contribution >= 4 is 5.97 Å². The summed E-state index contributed by atoms with van der Waals surface area (Å²) < 4.78 is 4.91. The van der Waals surface area contributed by atoms with Gasteiger partial charge in [-0.05, 0) is 26.0 Å². The van der Waals surface area contributed by atoms with Gasteiger partial charge >= 0.3 is 5.97 Å².